The van der Waals surface area contributed by atoms with Gasteiger partial charge in [-0.2, -0.15) is 0 Å². The van der Waals surface area contributed by atoms with Gasteiger partial charge in [0.1, 0.15) is 26.2 Å². The van der Waals surface area contributed by atoms with Crippen LogP contribution in [0.25, 0.3) is 0 Å². The first-order valence-electron chi connectivity index (χ1n) is 4.62. The SMILES string of the molecule is B[C@@H]1O[C@H](COC)C2OP(C)(=O)O[C@@H]21. The molecule has 14 heavy (non-hydrogen) atoms. The monoisotopic (exact) mass is 220 g/mol. The van der Waals surface area contributed by atoms with Crippen LogP contribution < -0.4 is 0 Å². The molecular formula is C7H14BO5P. The Labute approximate surface area is 84.0 Å². The lowest BCUT2D eigenvalue weighted by molar-refractivity contribution is -0.0117. The second-order valence-electron chi connectivity index (χ2n) is 3.75. The smallest absolute Gasteiger partial charge is 0.328 e. The number of hydrogen-bond donors (Lipinski definition) is 0. The van der Waals surface area contributed by atoms with Crippen molar-refractivity contribution in [2.45, 2.75) is 24.3 Å². The summed E-state index contributed by atoms with van der Waals surface area (Å²) in [6.07, 6.45) is -0.637. The molecule has 0 bridgehead atoms. The van der Waals surface area contributed by atoms with Gasteiger partial charge in [0.05, 0.1) is 12.6 Å². The van der Waals surface area contributed by atoms with Crippen LogP contribution in [0.3, 0.4) is 0 Å². The minimum absolute atomic E-state index is 0.0871. The molecule has 7 heteroatoms. The first kappa shape index (κ1) is 10.6. The number of ether oxygens (including phenoxy) is 2. The third kappa shape index (κ3) is 1.77. The third-order valence-electron chi connectivity index (χ3n) is 2.50. The minimum atomic E-state index is -2.85. The van der Waals surface area contributed by atoms with E-state index in [2.05, 4.69) is 0 Å². The molecule has 0 aliphatic carbocycles. The fourth-order valence-corrected chi connectivity index (χ4v) is 3.43. The second kappa shape index (κ2) is 3.61. The fourth-order valence-electron chi connectivity index (χ4n) is 1.95. The van der Waals surface area contributed by atoms with Crippen LogP contribution in [0.1, 0.15) is 0 Å². The van der Waals surface area contributed by atoms with Gasteiger partial charge in [0.15, 0.2) is 0 Å². The highest BCUT2D eigenvalue weighted by Gasteiger charge is 2.53. The maximum absolute atomic E-state index is 11.6. The lowest BCUT2D eigenvalue weighted by atomic mass is 9.93. The first-order valence-corrected chi connectivity index (χ1v) is 6.61. The van der Waals surface area contributed by atoms with Gasteiger partial charge in [0.25, 0.3) is 0 Å². The van der Waals surface area contributed by atoms with E-state index < -0.39 is 7.60 Å². The fraction of sp³-hybridized carbons (Fsp3) is 1.00. The molecule has 0 N–H and O–H groups in total. The Morgan fingerprint density at radius 1 is 1.43 bits per heavy atom. The predicted molar refractivity (Wildman–Crippen MR) is 52.4 cm³/mol. The number of fused-ring (bicyclic) bond motifs is 1. The summed E-state index contributed by atoms with van der Waals surface area (Å²) in [5.41, 5.74) is 0. The van der Waals surface area contributed by atoms with Crippen molar-refractivity contribution >= 4 is 15.4 Å². The summed E-state index contributed by atoms with van der Waals surface area (Å²) < 4.78 is 32.8. The average Bonchev–Trinajstić information content (AvgIpc) is 2.51. The second-order valence-corrected chi connectivity index (χ2v) is 5.71. The van der Waals surface area contributed by atoms with Crippen LogP contribution in [0, 0.1) is 0 Å². The first-order chi connectivity index (χ1) is 6.53. The molecule has 0 spiro atoms. The molecule has 2 aliphatic heterocycles. The van der Waals surface area contributed by atoms with Crippen molar-refractivity contribution in [3.63, 3.8) is 0 Å². The van der Waals surface area contributed by atoms with E-state index in [-0.39, 0.29) is 24.3 Å². The normalized spacial score (nSPS) is 52.1. The van der Waals surface area contributed by atoms with E-state index in [1.54, 1.807) is 7.11 Å². The van der Waals surface area contributed by atoms with Crippen LogP contribution in [0.4, 0.5) is 0 Å². The largest absolute Gasteiger partial charge is 0.382 e. The molecule has 5 atom stereocenters. The Balaban J connectivity index is 2.10. The quantitative estimate of drug-likeness (QED) is 0.468. The Hall–Kier alpha value is 0.135. The van der Waals surface area contributed by atoms with Gasteiger partial charge in [-0.1, -0.05) is 0 Å². The van der Waals surface area contributed by atoms with Crippen LogP contribution >= 0.6 is 7.60 Å². The van der Waals surface area contributed by atoms with Crippen LogP contribution in [0.2, 0.25) is 0 Å². The molecule has 2 rings (SSSR count). The van der Waals surface area contributed by atoms with Crippen LogP contribution in [0.15, 0.2) is 0 Å². The zero-order chi connectivity index (χ0) is 10.3. The Bertz CT molecular complexity index is 273. The van der Waals surface area contributed by atoms with E-state index in [4.69, 9.17) is 18.5 Å². The lowest BCUT2D eigenvalue weighted by Gasteiger charge is -2.15. The molecule has 2 heterocycles. The summed E-state index contributed by atoms with van der Waals surface area (Å²) in [5.74, 6) is 0. The van der Waals surface area contributed by atoms with Crippen LogP contribution in [0.5, 0.6) is 0 Å². The van der Waals surface area contributed by atoms with Gasteiger partial charge in [-0.15, -0.1) is 0 Å². The summed E-state index contributed by atoms with van der Waals surface area (Å²) in [6.45, 7) is 1.93. The Morgan fingerprint density at radius 3 is 2.71 bits per heavy atom. The summed E-state index contributed by atoms with van der Waals surface area (Å²) in [5, 5.41) is 0. The zero-order valence-electron chi connectivity index (χ0n) is 8.50. The van der Waals surface area contributed by atoms with Gasteiger partial charge in [0, 0.05) is 13.8 Å². The molecule has 2 saturated heterocycles. The van der Waals surface area contributed by atoms with Crippen molar-refractivity contribution in [1.29, 1.82) is 0 Å². The van der Waals surface area contributed by atoms with Gasteiger partial charge in [-0.05, 0) is 0 Å². The highest BCUT2D eigenvalue weighted by Crippen LogP contribution is 2.56. The van der Waals surface area contributed by atoms with Gasteiger partial charge >= 0.3 is 7.60 Å². The summed E-state index contributed by atoms with van der Waals surface area (Å²) in [7, 11) is 0.636. The summed E-state index contributed by atoms with van der Waals surface area (Å²) in [6, 6.07) is -0.0871. The van der Waals surface area contributed by atoms with E-state index in [9.17, 15) is 4.57 Å². The van der Waals surface area contributed by atoms with Crippen molar-refractivity contribution in [3.05, 3.63) is 0 Å². The maximum atomic E-state index is 11.6. The van der Waals surface area contributed by atoms with Crippen molar-refractivity contribution in [2.24, 2.45) is 0 Å². The van der Waals surface area contributed by atoms with Gasteiger partial charge < -0.3 is 14.0 Å². The van der Waals surface area contributed by atoms with E-state index in [0.29, 0.717) is 6.61 Å². The topological polar surface area (TPSA) is 54.0 Å². The number of hydrogen-bond acceptors (Lipinski definition) is 5. The number of methoxy groups -OCH3 is 1. The van der Waals surface area contributed by atoms with Gasteiger partial charge in [-0.3, -0.25) is 9.09 Å². The highest BCUT2D eigenvalue weighted by atomic mass is 31.2. The van der Waals surface area contributed by atoms with Crippen molar-refractivity contribution < 1.29 is 23.1 Å². The van der Waals surface area contributed by atoms with E-state index >= 15 is 0 Å². The van der Waals surface area contributed by atoms with Gasteiger partial charge in [0.2, 0.25) is 0 Å². The number of rotatable bonds is 2. The molecule has 5 nitrogen and oxygen atoms in total. The van der Waals surface area contributed by atoms with Crippen molar-refractivity contribution in [1.82, 2.24) is 0 Å². The molecular weight excluding hydrogens is 206 g/mol. The highest BCUT2D eigenvalue weighted by molar-refractivity contribution is 7.53. The molecule has 0 amide bonds. The molecule has 0 aromatic carbocycles. The molecule has 0 saturated carbocycles. The molecule has 2 unspecified atom stereocenters. The van der Waals surface area contributed by atoms with E-state index in [0.717, 1.165) is 0 Å². The third-order valence-corrected chi connectivity index (χ3v) is 3.75. The summed E-state index contributed by atoms with van der Waals surface area (Å²) >= 11 is 0. The van der Waals surface area contributed by atoms with Gasteiger partial charge in [-0.25, -0.2) is 0 Å². The Morgan fingerprint density at radius 2 is 2.07 bits per heavy atom. The van der Waals surface area contributed by atoms with Crippen molar-refractivity contribution in [3.8, 4) is 0 Å². The van der Waals surface area contributed by atoms with Crippen LogP contribution in [-0.4, -0.2) is 52.5 Å². The standard InChI is InChI=1S/C7H14BO5P/c1-10-3-4-5-6(7(8)11-4)13-14(2,9)12-5/h4-7H,3,8H2,1-2H3/t4-,5?,6+,7-,14?/m1/s1. The predicted octanol–water partition coefficient (Wildman–Crippen LogP) is -0.402. The molecule has 0 aromatic heterocycles. The lowest BCUT2D eigenvalue weighted by Crippen LogP contribution is -2.31. The van der Waals surface area contributed by atoms with Crippen molar-refractivity contribution in [2.75, 3.05) is 20.4 Å². The summed E-state index contributed by atoms with van der Waals surface area (Å²) in [4.78, 5) is 0. The van der Waals surface area contributed by atoms with Crippen LogP contribution in [-0.2, 0) is 23.1 Å². The average molecular weight is 220 g/mol. The molecule has 80 valence electrons. The molecule has 2 fully saturated rings. The van der Waals surface area contributed by atoms with E-state index in [1.807, 2.05) is 7.85 Å². The Kier molecular flexibility index (Phi) is 2.75. The molecule has 0 aromatic rings. The van der Waals surface area contributed by atoms with E-state index in [1.165, 1.54) is 6.66 Å². The molecule has 0 radical (unpaired) electrons. The maximum Gasteiger partial charge on any atom is 0.328 e. The minimum Gasteiger partial charge on any atom is -0.382 e. The molecule has 2 aliphatic rings. The zero-order valence-corrected chi connectivity index (χ0v) is 9.40.